The number of benzene rings is 2. The van der Waals surface area contributed by atoms with Gasteiger partial charge in [0.15, 0.2) is 0 Å². The predicted octanol–water partition coefficient (Wildman–Crippen LogP) is 5.03. The van der Waals surface area contributed by atoms with Crippen molar-refractivity contribution in [1.29, 1.82) is 0 Å². The maximum absolute atomic E-state index is 13.7. The summed E-state index contributed by atoms with van der Waals surface area (Å²) in [6.45, 7) is 6.76. The summed E-state index contributed by atoms with van der Waals surface area (Å²) in [5.74, 6) is -0.869. The van der Waals surface area contributed by atoms with Gasteiger partial charge in [0.1, 0.15) is 0 Å². The molecule has 0 aliphatic heterocycles. The molecule has 0 unspecified atom stereocenters. The van der Waals surface area contributed by atoms with Crippen LogP contribution in [-0.4, -0.2) is 21.6 Å². The van der Waals surface area contributed by atoms with Crippen molar-refractivity contribution in [2.24, 2.45) is 5.92 Å². The number of halogens is 3. The van der Waals surface area contributed by atoms with Gasteiger partial charge in [0.05, 0.1) is 16.9 Å². The molecule has 0 atom stereocenters. The minimum Gasteiger partial charge on any atom is -0.348 e. The van der Waals surface area contributed by atoms with Crippen molar-refractivity contribution in [1.82, 2.24) is 15.1 Å². The van der Waals surface area contributed by atoms with Gasteiger partial charge in [-0.1, -0.05) is 19.9 Å². The zero-order valence-electron chi connectivity index (χ0n) is 18.7. The second kappa shape index (κ2) is 9.48. The molecular formula is C24H25F3N4O2. The lowest BCUT2D eigenvalue weighted by molar-refractivity contribution is -0.138. The first-order valence-corrected chi connectivity index (χ1v) is 10.4. The second-order valence-electron chi connectivity index (χ2n) is 8.08. The first kappa shape index (κ1) is 24.0. The fourth-order valence-electron chi connectivity index (χ4n) is 3.27. The van der Waals surface area contributed by atoms with Gasteiger partial charge in [0, 0.05) is 29.4 Å². The van der Waals surface area contributed by atoms with Gasteiger partial charge in [-0.2, -0.15) is 18.3 Å². The fraction of sp³-hybridized carbons (Fsp3) is 0.292. The third-order valence-electron chi connectivity index (χ3n) is 5.03. The number of carbonyl (C=O) groups excluding carboxylic acids is 2. The third-order valence-corrected chi connectivity index (χ3v) is 5.03. The van der Waals surface area contributed by atoms with Gasteiger partial charge >= 0.3 is 6.18 Å². The first-order valence-electron chi connectivity index (χ1n) is 10.4. The van der Waals surface area contributed by atoms with Gasteiger partial charge < -0.3 is 10.6 Å². The number of amides is 2. The van der Waals surface area contributed by atoms with E-state index in [0.717, 1.165) is 11.8 Å². The average Bonchev–Trinajstić information content (AvgIpc) is 3.09. The Morgan fingerprint density at radius 1 is 1.03 bits per heavy atom. The Kier molecular flexibility index (Phi) is 6.90. The van der Waals surface area contributed by atoms with Crippen molar-refractivity contribution in [3.8, 4) is 5.69 Å². The lowest BCUT2D eigenvalue weighted by Crippen LogP contribution is -2.25. The van der Waals surface area contributed by atoms with Crippen molar-refractivity contribution in [2.45, 2.75) is 40.4 Å². The lowest BCUT2D eigenvalue weighted by Gasteiger charge is -2.16. The summed E-state index contributed by atoms with van der Waals surface area (Å²) >= 11 is 0. The van der Waals surface area contributed by atoms with Crippen LogP contribution in [0.25, 0.3) is 5.69 Å². The molecule has 1 aromatic heterocycles. The molecule has 174 valence electrons. The quantitative estimate of drug-likeness (QED) is 0.544. The monoisotopic (exact) mass is 458 g/mol. The highest BCUT2D eigenvalue weighted by Gasteiger charge is 2.34. The van der Waals surface area contributed by atoms with Crippen LogP contribution in [0.15, 0.2) is 48.5 Å². The largest absolute Gasteiger partial charge is 0.416 e. The minimum absolute atomic E-state index is 0.0538. The Balaban J connectivity index is 1.75. The van der Waals surface area contributed by atoms with Gasteiger partial charge in [0.25, 0.3) is 5.91 Å². The zero-order valence-corrected chi connectivity index (χ0v) is 18.7. The molecule has 0 aliphatic rings. The van der Waals surface area contributed by atoms with Crippen LogP contribution in [0.1, 0.15) is 46.7 Å². The number of rotatable bonds is 6. The maximum Gasteiger partial charge on any atom is 0.416 e. The second-order valence-corrected chi connectivity index (χ2v) is 8.08. The third kappa shape index (κ3) is 5.79. The Morgan fingerprint density at radius 2 is 1.70 bits per heavy atom. The molecule has 0 saturated carbocycles. The molecule has 2 aromatic carbocycles. The van der Waals surface area contributed by atoms with Crippen molar-refractivity contribution in [3.05, 3.63) is 76.6 Å². The lowest BCUT2D eigenvalue weighted by atomic mass is 10.1. The highest BCUT2D eigenvalue weighted by molar-refractivity contribution is 5.96. The Morgan fingerprint density at radius 3 is 2.24 bits per heavy atom. The molecule has 2 N–H and O–H groups in total. The number of alkyl halides is 3. The van der Waals surface area contributed by atoms with E-state index in [4.69, 9.17) is 0 Å². The molecule has 3 aromatic rings. The molecule has 1 heterocycles. The predicted molar refractivity (Wildman–Crippen MR) is 119 cm³/mol. The zero-order chi connectivity index (χ0) is 24.3. The van der Waals surface area contributed by atoms with E-state index >= 15 is 0 Å². The Labute approximate surface area is 189 Å². The number of nitrogens with one attached hydrogen (secondary N) is 2. The van der Waals surface area contributed by atoms with Gasteiger partial charge in [-0.15, -0.1) is 0 Å². The smallest absolute Gasteiger partial charge is 0.348 e. The van der Waals surface area contributed by atoms with Crippen LogP contribution in [0.4, 0.5) is 18.9 Å². The molecule has 0 radical (unpaired) electrons. The van der Waals surface area contributed by atoms with Crippen LogP contribution in [-0.2, 0) is 17.5 Å². The van der Waals surface area contributed by atoms with Crippen molar-refractivity contribution >= 4 is 17.5 Å². The first-order chi connectivity index (χ1) is 15.5. The van der Waals surface area contributed by atoms with Gasteiger partial charge in [-0.3, -0.25) is 9.59 Å². The molecule has 33 heavy (non-hydrogen) atoms. The van der Waals surface area contributed by atoms with Crippen LogP contribution in [0.2, 0.25) is 0 Å². The standard InChI is InChI=1S/C24H25F3N4O2/c1-14(2)22(32)29-19-8-5-17(6-9-19)23(33)28-13-18-7-10-20(12-21(18)24(25,26)27)31-16(4)11-15(3)30-31/h5-12,14H,13H2,1-4H3,(H,28,33)(H,29,32). The Hall–Kier alpha value is -3.62. The summed E-state index contributed by atoms with van der Waals surface area (Å²) in [5.41, 5.74) is 1.63. The summed E-state index contributed by atoms with van der Waals surface area (Å²) in [5, 5.41) is 9.48. The van der Waals surface area contributed by atoms with E-state index in [1.54, 1.807) is 52.0 Å². The van der Waals surface area contributed by atoms with E-state index in [9.17, 15) is 22.8 Å². The van der Waals surface area contributed by atoms with Crippen molar-refractivity contribution in [3.63, 3.8) is 0 Å². The molecule has 0 aliphatic carbocycles. The number of carbonyl (C=O) groups is 2. The molecule has 0 fully saturated rings. The SMILES string of the molecule is Cc1cc(C)n(-c2ccc(CNC(=O)c3ccc(NC(=O)C(C)C)cc3)c(C(F)(F)F)c2)n1. The summed E-state index contributed by atoms with van der Waals surface area (Å²) in [4.78, 5) is 24.2. The van der Waals surface area contributed by atoms with Crippen LogP contribution < -0.4 is 10.6 Å². The molecule has 0 saturated heterocycles. The number of aryl methyl sites for hydroxylation is 2. The van der Waals surface area contributed by atoms with Crippen LogP contribution in [0.3, 0.4) is 0 Å². The van der Waals surface area contributed by atoms with E-state index in [2.05, 4.69) is 15.7 Å². The van der Waals surface area contributed by atoms with Crippen LogP contribution in [0, 0.1) is 19.8 Å². The number of nitrogens with zero attached hydrogens (tertiary/aromatic N) is 2. The van der Waals surface area contributed by atoms with E-state index in [1.165, 1.54) is 22.9 Å². The normalized spacial score (nSPS) is 11.5. The van der Waals surface area contributed by atoms with Crippen molar-refractivity contribution < 1.29 is 22.8 Å². The van der Waals surface area contributed by atoms with Gasteiger partial charge in [-0.05, 0) is 61.9 Å². The minimum atomic E-state index is -4.59. The average molecular weight is 458 g/mol. The highest BCUT2D eigenvalue weighted by atomic mass is 19.4. The summed E-state index contributed by atoms with van der Waals surface area (Å²) in [6.07, 6.45) is -4.59. The van der Waals surface area contributed by atoms with E-state index in [1.807, 2.05) is 0 Å². The molecule has 6 nitrogen and oxygen atoms in total. The maximum atomic E-state index is 13.7. The molecule has 2 amide bonds. The van der Waals surface area contributed by atoms with Crippen molar-refractivity contribution in [2.75, 3.05) is 5.32 Å². The van der Waals surface area contributed by atoms with E-state index in [0.29, 0.717) is 17.1 Å². The summed E-state index contributed by atoms with van der Waals surface area (Å²) in [6, 6.07) is 11.8. The Bertz CT molecular complexity index is 1170. The van der Waals surface area contributed by atoms with E-state index < -0.39 is 17.6 Å². The van der Waals surface area contributed by atoms with Gasteiger partial charge in [-0.25, -0.2) is 4.68 Å². The summed E-state index contributed by atoms with van der Waals surface area (Å²) in [7, 11) is 0. The molecule has 0 spiro atoms. The highest BCUT2D eigenvalue weighted by Crippen LogP contribution is 2.33. The van der Waals surface area contributed by atoms with Crippen LogP contribution >= 0.6 is 0 Å². The fourth-order valence-corrected chi connectivity index (χ4v) is 3.27. The van der Waals surface area contributed by atoms with E-state index in [-0.39, 0.29) is 29.5 Å². The number of aromatic nitrogens is 2. The molecule has 0 bridgehead atoms. The number of anilines is 1. The molecule has 9 heteroatoms. The molecular weight excluding hydrogens is 433 g/mol. The number of hydrogen-bond acceptors (Lipinski definition) is 3. The topological polar surface area (TPSA) is 76.0 Å². The summed E-state index contributed by atoms with van der Waals surface area (Å²) < 4.78 is 42.6. The van der Waals surface area contributed by atoms with Crippen LogP contribution in [0.5, 0.6) is 0 Å². The van der Waals surface area contributed by atoms with Gasteiger partial charge in [0.2, 0.25) is 5.91 Å². The number of hydrogen-bond donors (Lipinski definition) is 2. The molecule has 3 rings (SSSR count).